The van der Waals surface area contributed by atoms with E-state index in [0.717, 1.165) is 23.8 Å². The van der Waals surface area contributed by atoms with Crippen LogP contribution in [0.1, 0.15) is 24.1 Å². The van der Waals surface area contributed by atoms with Gasteiger partial charge in [-0.15, -0.1) is 11.3 Å². The fourth-order valence-corrected chi connectivity index (χ4v) is 2.42. The largest absolute Gasteiger partial charge is 0.425 e. The fourth-order valence-electron chi connectivity index (χ4n) is 1.61. The number of aliphatic hydroxyl groups is 1. The van der Waals surface area contributed by atoms with E-state index < -0.39 is 11.8 Å². The van der Waals surface area contributed by atoms with Crippen molar-refractivity contribution >= 4 is 11.3 Å². The fraction of sp³-hybridized carbons (Fsp3) is 0.455. The van der Waals surface area contributed by atoms with Crippen LogP contribution in [0.4, 0.5) is 13.2 Å². The second kappa shape index (κ2) is 3.89. The first kappa shape index (κ1) is 11.7. The highest BCUT2D eigenvalue weighted by molar-refractivity contribution is 7.10. The lowest BCUT2D eigenvalue weighted by Crippen LogP contribution is -2.40. The molecule has 16 heavy (non-hydrogen) atoms. The molecule has 5 heteroatoms. The molecule has 1 atom stereocenters. The van der Waals surface area contributed by atoms with Gasteiger partial charge in [0.15, 0.2) is 0 Å². The van der Waals surface area contributed by atoms with Crippen molar-refractivity contribution in [3.8, 4) is 0 Å². The van der Waals surface area contributed by atoms with Crippen LogP contribution in [0.25, 0.3) is 0 Å². The maximum Gasteiger partial charge on any atom is 0.425 e. The first-order chi connectivity index (χ1) is 7.43. The van der Waals surface area contributed by atoms with Crippen molar-refractivity contribution in [2.45, 2.75) is 31.0 Å². The van der Waals surface area contributed by atoms with Crippen molar-refractivity contribution in [3.05, 3.63) is 34.0 Å². The van der Waals surface area contributed by atoms with Gasteiger partial charge in [0.1, 0.15) is 0 Å². The Kier molecular flexibility index (Phi) is 2.84. The minimum absolute atomic E-state index is 0.0700. The minimum Gasteiger partial charge on any atom is -0.372 e. The SMILES string of the molecule is O[C@@](C=C1CCC1)(c1cccs1)C(F)(F)F. The Morgan fingerprint density at radius 1 is 1.31 bits per heavy atom. The number of rotatable bonds is 2. The van der Waals surface area contributed by atoms with Gasteiger partial charge in [-0.05, 0) is 36.8 Å². The lowest BCUT2D eigenvalue weighted by atomic mass is 9.86. The summed E-state index contributed by atoms with van der Waals surface area (Å²) >= 11 is 0.919. The molecule has 0 amide bonds. The van der Waals surface area contributed by atoms with Gasteiger partial charge in [-0.25, -0.2) is 0 Å². The number of thiophene rings is 1. The summed E-state index contributed by atoms with van der Waals surface area (Å²) in [6.45, 7) is 0. The molecular weight excluding hydrogens is 237 g/mol. The molecule has 0 bridgehead atoms. The van der Waals surface area contributed by atoms with Crippen LogP contribution < -0.4 is 0 Å². The van der Waals surface area contributed by atoms with Crippen molar-refractivity contribution in [1.82, 2.24) is 0 Å². The summed E-state index contributed by atoms with van der Waals surface area (Å²) in [5.41, 5.74) is -2.12. The molecule has 88 valence electrons. The lowest BCUT2D eigenvalue weighted by molar-refractivity contribution is -0.244. The van der Waals surface area contributed by atoms with Crippen LogP contribution in [-0.2, 0) is 5.60 Å². The quantitative estimate of drug-likeness (QED) is 0.793. The highest BCUT2D eigenvalue weighted by Crippen LogP contribution is 2.44. The minimum atomic E-state index is -4.67. The van der Waals surface area contributed by atoms with Gasteiger partial charge < -0.3 is 5.11 Å². The summed E-state index contributed by atoms with van der Waals surface area (Å²) in [6, 6.07) is 2.82. The molecule has 0 aliphatic heterocycles. The van der Waals surface area contributed by atoms with Gasteiger partial charge in [-0.3, -0.25) is 0 Å². The maximum atomic E-state index is 12.9. The second-order valence-corrected chi connectivity index (χ2v) is 4.85. The predicted molar refractivity (Wildman–Crippen MR) is 56.2 cm³/mol. The van der Waals surface area contributed by atoms with Gasteiger partial charge in [0.25, 0.3) is 0 Å². The molecule has 1 aromatic heterocycles. The Bertz CT molecular complexity index is 388. The highest BCUT2D eigenvalue weighted by Gasteiger charge is 2.54. The van der Waals surface area contributed by atoms with Crippen LogP contribution in [0.5, 0.6) is 0 Å². The zero-order valence-corrected chi connectivity index (χ0v) is 9.24. The van der Waals surface area contributed by atoms with Crippen molar-refractivity contribution < 1.29 is 18.3 Å². The summed E-state index contributed by atoms with van der Waals surface area (Å²) in [6.07, 6.45) is -1.47. The third kappa shape index (κ3) is 1.89. The molecule has 1 fully saturated rings. The van der Waals surface area contributed by atoms with Gasteiger partial charge in [0.2, 0.25) is 5.60 Å². The molecule has 1 aliphatic rings. The third-order valence-corrected chi connectivity index (χ3v) is 3.73. The third-order valence-electron chi connectivity index (χ3n) is 2.74. The number of hydrogen-bond donors (Lipinski definition) is 1. The van der Waals surface area contributed by atoms with E-state index >= 15 is 0 Å². The highest BCUT2D eigenvalue weighted by atomic mass is 32.1. The van der Waals surface area contributed by atoms with E-state index in [1.807, 2.05) is 0 Å². The number of halogens is 3. The summed E-state index contributed by atoms with van der Waals surface area (Å²) in [5.74, 6) is 0. The monoisotopic (exact) mass is 248 g/mol. The van der Waals surface area contributed by atoms with E-state index in [0.29, 0.717) is 18.4 Å². The van der Waals surface area contributed by atoms with Crippen LogP contribution >= 0.6 is 11.3 Å². The average Bonchev–Trinajstić information content (AvgIpc) is 2.61. The maximum absolute atomic E-state index is 12.9. The molecule has 0 aromatic carbocycles. The Hall–Kier alpha value is -0.810. The van der Waals surface area contributed by atoms with E-state index in [1.54, 1.807) is 0 Å². The molecule has 1 aliphatic carbocycles. The number of alkyl halides is 3. The first-order valence-corrected chi connectivity index (χ1v) is 5.85. The molecule has 1 N–H and O–H groups in total. The standard InChI is InChI=1S/C11H11F3OS/c12-11(13,14)10(15,7-8-3-1-4-8)9-5-2-6-16-9/h2,5-7,15H,1,3-4H2/t10-/m0/s1. The summed E-state index contributed by atoms with van der Waals surface area (Å²) < 4.78 is 38.7. The molecule has 1 aromatic rings. The predicted octanol–water partition coefficient (Wildman–Crippen LogP) is 3.61. The Labute approximate surface area is 95.2 Å². The normalized spacial score (nSPS) is 20.1. The van der Waals surface area contributed by atoms with Crippen LogP contribution in [0.15, 0.2) is 29.2 Å². The van der Waals surface area contributed by atoms with E-state index in [-0.39, 0.29) is 4.88 Å². The van der Waals surface area contributed by atoms with Crippen LogP contribution in [0.2, 0.25) is 0 Å². The van der Waals surface area contributed by atoms with Crippen LogP contribution in [-0.4, -0.2) is 11.3 Å². The van der Waals surface area contributed by atoms with E-state index in [1.165, 1.54) is 17.5 Å². The Morgan fingerprint density at radius 3 is 2.38 bits per heavy atom. The molecular formula is C11H11F3OS. The van der Waals surface area contributed by atoms with Crippen molar-refractivity contribution in [2.24, 2.45) is 0 Å². The Balaban J connectivity index is 2.40. The van der Waals surface area contributed by atoms with Gasteiger partial charge in [-0.2, -0.15) is 13.2 Å². The van der Waals surface area contributed by atoms with Crippen LogP contribution in [0.3, 0.4) is 0 Å². The first-order valence-electron chi connectivity index (χ1n) is 4.97. The van der Waals surface area contributed by atoms with E-state index in [2.05, 4.69) is 0 Å². The number of hydrogen-bond acceptors (Lipinski definition) is 2. The smallest absolute Gasteiger partial charge is 0.372 e. The lowest BCUT2D eigenvalue weighted by Gasteiger charge is -2.29. The van der Waals surface area contributed by atoms with Crippen LogP contribution in [0, 0.1) is 0 Å². The molecule has 0 unspecified atom stereocenters. The van der Waals surface area contributed by atoms with Gasteiger partial charge in [-0.1, -0.05) is 11.6 Å². The van der Waals surface area contributed by atoms with Gasteiger partial charge >= 0.3 is 6.18 Å². The molecule has 0 saturated heterocycles. The number of allylic oxidation sites excluding steroid dienone is 1. The zero-order chi connectivity index (χ0) is 11.8. The second-order valence-electron chi connectivity index (χ2n) is 3.90. The van der Waals surface area contributed by atoms with E-state index in [9.17, 15) is 18.3 Å². The molecule has 1 heterocycles. The summed E-state index contributed by atoms with van der Waals surface area (Å²) in [7, 11) is 0. The van der Waals surface area contributed by atoms with Gasteiger partial charge in [0.05, 0.1) is 0 Å². The van der Waals surface area contributed by atoms with Crippen molar-refractivity contribution in [2.75, 3.05) is 0 Å². The summed E-state index contributed by atoms with van der Waals surface area (Å²) in [5, 5.41) is 11.4. The summed E-state index contributed by atoms with van der Waals surface area (Å²) in [4.78, 5) is -0.0700. The topological polar surface area (TPSA) is 20.2 Å². The van der Waals surface area contributed by atoms with Gasteiger partial charge in [0, 0.05) is 4.88 Å². The molecule has 1 saturated carbocycles. The molecule has 2 rings (SSSR count). The van der Waals surface area contributed by atoms with Crippen molar-refractivity contribution in [1.29, 1.82) is 0 Å². The molecule has 1 nitrogen and oxygen atoms in total. The average molecular weight is 248 g/mol. The zero-order valence-electron chi connectivity index (χ0n) is 8.42. The van der Waals surface area contributed by atoms with E-state index in [4.69, 9.17) is 0 Å². The Morgan fingerprint density at radius 2 is 2.00 bits per heavy atom. The molecule has 0 spiro atoms. The van der Waals surface area contributed by atoms with Crippen molar-refractivity contribution in [3.63, 3.8) is 0 Å². The molecule has 0 radical (unpaired) electrons.